The number of thiazole rings is 1. The van der Waals surface area contributed by atoms with Gasteiger partial charge in [-0.1, -0.05) is 0 Å². The third kappa shape index (κ3) is 3.54. The summed E-state index contributed by atoms with van der Waals surface area (Å²) in [5.41, 5.74) is 1.02. The number of rotatable bonds is 4. The average Bonchev–Trinajstić information content (AvgIpc) is 2.75. The Labute approximate surface area is 100 Å². The summed E-state index contributed by atoms with van der Waals surface area (Å²) in [6.45, 7) is 1.09. The molecule has 0 aromatic carbocycles. The molecular formula is C10H16N2O2S2. The fraction of sp³-hybridized carbons (Fsp3) is 0.700. The first kappa shape index (κ1) is 12.0. The minimum absolute atomic E-state index is 0.0652. The molecule has 0 radical (unpaired) electrons. The second-order valence-corrected chi connectivity index (χ2v) is 7.38. The van der Waals surface area contributed by atoms with Gasteiger partial charge >= 0.3 is 0 Å². The smallest absolute Gasteiger partial charge is 0.153 e. The maximum atomic E-state index is 11.1. The maximum absolute atomic E-state index is 11.1. The van der Waals surface area contributed by atoms with Gasteiger partial charge in [0.2, 0.25) is 0 Å². The molecule has 1 aromatic heterocycles. The Balaban J connectivity index is 1.96. The van der Waals surface area contributed by atoms with E-state index in [2.05, 4.69) is 10.3 Å². The van der Waals surface area contributed by atoms with E-state index in [0.29, 0.717) is 11.0 Å². The second-order valence-electron chi connectivity index (χ2n) is 4.30. The second kappa shape index (κ2) is 4.81. The minimum atomic E-state index is -2.96. The Bertz CT molecular complexity index is 447. The highest BCUT2D eigenvalue weighted by Crippen LogP contribution is 2.16. The van der Waals surface area contributed by atoms with Crippen molar-refractivity contribution in [1.82, 2.24) is 10.3 Å². The summed E-state index contributed by atoms with van der Waals surface area (Å²) in [6.07, 6.45) is 4.58. The molecule has 0 spiro atoms. The lowest BCUT2D eigenvalue weighted by Gasteiger charge is -2.06. The molecule has 2 rings (SSSR count). The topological polar surface area (TPSA) is 59.1 Å². The predicted molar refractivity (Wildman–Crippen MR) is 65.4 cm³/mol. The Hall–Kier alpha value is -0.460. The van der Waals surface area contributed by atoms with Gasteiger partial charge in [0, 0.05) is 24.1 Å². The number of hydrogen-bond donors (Lipinski definition) is 1. The predicted octanol–water partition coefficient (Wildman–Crippen LogP) is 0.982. The highest BCUT2D eigenvalue weighted by Gasteiger charge is 2.16. The average molecular weight is 260 g/mol. The molecule has 0 aliphatic carbocycles. The molecule has 0 bridgehead atoms. The van der Waals surface area contributed by atoms with Crippen molar-refractivity contribution in [2.24, 2.45) is 0 Å². The largest absolute Gasteiger partial charge is 0.314 e. The van der Waals surface area contributed by atoms with Crippen molar-refractivity contribution in [3.8, 4) is 0 Å². The normalized spacial score (nSPS) is 21.4. The van der Waals surface area contributed by atoms with Crippen LogP contribution < -0.4 is 5.32 Å². The maximum Gasteiger partial charge on any atom is 0.153 e. The van der Waals surface area contributed by atoms with Gasteiger partial charge in [0.25, 0.3) is 0 Å². The first-order valence-electron chi connectivity index (χ1n) is 5.37. The van der Waals surface area contributed by atoms with Crippen LogP contribution in [0.1, 0.15) is 23.5 Å². The van der Waals surface area contributed by atoms with Crippen molar-refractivity contribution in [1.29, 1.82) is 0 Å². The van der Waals surface area contributed by atoms with Gasteiger partial charge in [0.1, 0.15) is 10.8 Å². The van der Waals surface area contributed by atoms with E-state index < -0.39 is 9.84 Å². The van der Waals surface area contributed by atoms with Crippen LogP contribution in [0.5, 0.6) is 0 Å². The summed E-state index contributed by atoms with van der Waals surface area (Å²) < 4.78 is 22.2. The molecule has 1 N–H and O–H groups in total. The van der Waals surface area contributed by atoms with Crippen molar-refractivity contribution in [2.45, 2.75) is 31.1 Å². The molecule has 1 aliphatic heterocycles. The zero-order valence-corrected chi connectivity index (χ0v) is 10.9. The van der Waals surface area contributed by atoms with Crippen LogP contribution in [0.4, 0.5) is 0 Å². The van der Waals surface area contributed by atoms with Crippen LogP contribution in [0.3, 0.4) is 0 Å². The lowest BCUT2D eigenvalue weighted by molar-refractivity contribution is 0.595. The van der Waals surface area contributed by atoms with E-state index in [4.69, 9.17) is 0 Å². The minimum Gasteiger partial charge on any atom is -0.314 e. The molecule has 1 saturated heterocycles. The SMILES string of the molecule is CS(=O)(=O)Cc1nc(CC2CCCN2)cs1. The summed E-state index contributed by atoms with van der Waals surface area (Å²) >= 11 is 1.44. The van der Waals surface area contributed by atoms with Crippen molar-refractivity contribution < 1.29 is 8.42 Å². The molecule has 16 heavy (non-hydrogen) atoms. The molecule has 1 aliphatic rings. The van der Waals surface area contributed by atoms with Crippen LogP contribution in [-0.4, -0.2) is 32.2 Å². The van der Waals surface area contributed by atoms with Gasteiger partial charge in [-0.2, -0.15) is 0 Å². The molecule has 1 aromatic rings. The lowest BCUT2D eigenvalue weighted by Crippen LogP contribution is -2.23. The Morgan fingerprint density at radius 1 is 1.62 bits per heavy atom. The van der Waals surface area contributed by atoms with Gasteiger partial charge in [0.05, 0.1) is 5.69 Å². The van der Waals surface area contributed by atoms with Crippen LogP contribution in [0.25, 0.3) is 0 Å². The molecular weight excluding hydrogens is 244 g/mol. The quantitative estimate of drug-likeness (QED) is 0.877. The number of hydrogen-bond acceptors (Lipinski definition) is 5. The van der Waals surface area contributed by atoms with E-state index in [9.17, 15) is 8.42 Å². The molecule has 90 valence electrons. The zero-order valence-electron chi connectivity index (χ0n) is 9.27. The molecule has 0 saturated carbocycles. The number of nitrogens with zero attached hydrogens (tertiary/aromatic N) is 1. The molecule has 1 unspecified atom stereocenters. The molecule has 1 atom stereocenters. The first-order chi connectivity index (χ1) is 7.53. The fourth-order valence-corrected chi connectivity index (χ4v) is 3.94. The molecule has 0 amide bonds. The van der Waals surface area contributed by atoms with E-state index in [0.717, 1.165) is 18.7 Å². The van der Waals surface area contributed by atoms with E-state index >= 15 is 0 Å². The highest BCUT2D eigenvalue weighted by atomic mass is 32.2. The van der Waals surface area contributed by atoms with Crippen molar-refractivity contribution in [3.63, 3.8) is 0 Å². The van der Waals surface area contributed by atoms with Gasteiger partial charge in [-0.15, -0.1) is 11.3 Å². The lowest BCUT2D eigenvalue weighted by atomic mass is 10.1. The van der Waals surface area contributed by atoms with Crippen LogP contribution in [0, 0.1) is 0 Å². The van der Waals surface area contributed by atoms with Gasteiger partial charge in [0.15, 0.2) is 9.84 Å². The van der Waals surface area contributed by atoms with Gasteiger partial charge < -0.3 is 5.32 Å². The summed E-state index contributed by atoms with van der Waals surface area (Å²) in [6, 6.07) is 0.521. The third-order valence-corrected chi connectivity index (χ3v) is 4.48. The van der Waals surface area contributed by atoms with E-state index in [-0.39, 0.29) is 5.75 Å². The third-order valence-electron chi connectivity index (χ3n) is 2.60. The fourth-order valence-electron chi connectivity index (χ4n) is 1.92. The summed E-state index contributed by atoms with van der Waals surface area (Å²) in [4.78, 5) is 4.36. The van der Waals surface area contributed by atoms with Gasteiger partial charge in [-0.3, -0.25) is 0 Å². The van der Waals surface area contributed by atoms with Gasteiger partial charge in [-0.05, 0) is 19.4 Å². The summed E-state index contributed by atoms with van der Waals surface area (Å²) in [5, 5.41) is 6.09. The molecule has 4 nitrogen and oxygen atoms in total. The standard InChI is InChI=1S/C10H16N2O2S2/c1-16(13,14)7-10-12-9(6-15-10)5-8-3-2-4-11-8/h6,8,11H,2-5,7H2,1H3. The molecule has 1 fully saturated rings. The first-order valence-corrected chi connectivity index (χ1v) is 8.31. The zero-order chi connectivity index (χ0) is 11.6. The van der Waals surface area contributed by atoms with Crippen LogP contribution in [-0.2, 0) is 22.0 Å². The number of nitrogens with one attached hydrogen (secondary N) is 1. The van der Waals surface area contributed by atoms with E-state index in [1.165, 1.54) is 30.4 Å². The highest BCUT2D eigenvalue weighted by molar-refractivity contribution is 7.90. The Morgan fingerprint density at radius 2 is 2.44 bits per heavy atom. The Morgan fingerprint density at radius 3 is 3.06 bits per heavy atom. The van der Waals surface area contributed by atoms with Gasteiger partial charge in [-0.25, -0.2) is 13.4 Å². The van der Waals surface area contributed by atoms with Crippen molar-refractivity contribution in [2.75, 3.05) is 12.8 Å². The number of sulfone groups is 1. The van der Waals surface area contributed by atoms with Crippen LogP contribution >= 0.6 is 11.3 Å². The van der Waals surface area contributed by atoms with Crippen molar-refractivity contribution in [3.05, 3.63) is 16.1 Å². The van der Waals surface area contributed by atoms with Crippen LogP contribution in [0.15, 0.2) is 5.38 Å². The Kier molecular flexibility index (Phi) is 3.61. The van der Waals surface area contributed by atoms with Crippen LogP contribution in [0.2, 0.25) is 0 Å². The van der Waals surface area contributed by atoms with E-state index in [1.807, 2.05) is 5.38 Å². The molecule has 6 heteroatoms. The van der Waals surface area contributed by atoms with E-state index in [1.54, 1.807) is 0 Å². The monoisotopic (exact) mass is 260 g/mol. The van der Waals surface area contributed by atoms with Crippen molar-refractivity contribution >= 4 is 21.2 Å². The number of aromatic nitrogens is 1. The molecule has 2 heterocycles. The summed E-state index contributed by atoms with van der Waals surface area (Å²) in [5.74, 6) is 0.0652. The summed E-state index contributed by atoms with van der Waals surface area (Å²) in [7, 11) is -2.96.